The lowest BCUT2D eigenvalue weighted by atomic mass is 10.0. The highest BCUT2D eigenvalue weighted by molar-refractivity contribution is 14.1. The molecule has 8 heteroatoms. The van der Waals surface area contributed by atoms with Crippen molar-refractivity contribution in [2.24, 2.45) is 0 Å². The largest absolute Gasteiger partial charge is 0.418 e. The van der Waals surface area contributed by atoms with E-state index in [1.807, 2.05) is 24.3 Å². The molecular weight excluding hydrogens is 502 g/mol. The molecule has 0 unspecified atom stereocenters. The predicted molar refractivity (Wildman–Crippen MR) is 113 cm³/mol. The van der Waals surface area contributed by atoms with E-state index in [9.17, 15) is 13.2 Å². The summed E-state index contributed by atoms with van der Waals surface area (Å²) in [6.45, 7) is 0.694. The lowest BCUT2D eigenvalue weighted by Gasteiger charge is -2.16. The van der Waals surface area contributed by atoms with Crippen LogP contribution >= 0.6 is 34.2 Å². The maximum atomic E-state index is 13.7. The second-order valence-corrected chi connectivity index (χ2v) is 8.32. The molecule has 3 aromatic rings. The van der Waals surface area contributed by atoms with Crippen LogP contribution in [0.3, 0.4) is 0 Å². The smallest absolute Gasteiger partial charge is 0.370 e. The van der Waals surface area contributed by atoms with Crippen molar-refractivity contribution in [2.75, 3.05) is 11.9 Å². The van der Waals surface area contributed by atoms with Crippen molar-refractivity contribution in [3.8, 4) is 16.9 Å². The number of rotatable bonds is 2. The molecule has 2 aromatic carbocycles. The normalized spacial score (nSPS) is 14.3. The Labute approximate surface area is 179 Å². The molecule has 1 aliphatic rings. The molecule has 2 heterocycles. The van der Waals surface area contributed by atoms with Gasteiger partial charge in [0.15, 0.2) is 0 Å². The van der Waals surface area contributed by atoms with Gasteiger partial charge < -0.3 is 5.32 Å². The summed E-state index contributed by atoms with van der Waals surface area (Å²) < 4.78 is 43.5. The molecule has 0 spiro atoms. The van der Waals surface area contributed by atoms with Crippen LogP contribution in [0, 0.1) is 3.57 Å². The van der Waals surface area contributed by atoms with E-state index in [0.29, 0.717) is 18.1 Å². The molecular formula is C20H16ClF3IN3. The Bertz CT molecular complexity index is 1030. The Balaban J connectivity index is 1.97. The van der Waals surface area contributed by atoms with Gasteiger partial charge in [-0.2, -0.15) is 18.3 Å². The maximum absolute atomic E-state index is 13.7. The van der Waals surface area contributed by atoms with Crippen LogP contribution in [-0.2, 0) is 12.6 Å². The quantitative estimate of drug-likeness (QED) is 0.390. The van der Waals surface area contributed by atoms with Gasteiger partial charge in [0.25, 0.3) is 0 Å². The zero-order valence-electron chi connectivity index (χ0n) is 14.7. The predicted octanol–water partition coefficient (Wildman–Crippen LogP) is 6.56. The van der Waals surface area contributed by atoms with Gasteiger partial charge in [0.1, 0.15) is 5.82 Å². The fraction of sp³-hybridized carbons (Fsp3) is 0.250. The van der Waals surface area contributed by atoms with Crippen LogP contribution in [0.2, 0.25) is 5.02 Å². The van der Waals surface area contributed by atoms with Crippen molar-refractivity contribution in [3.63, 3.8) is 0 Å². The summed E-state index contributed by atoms with van der Waals surface area (Å²) >= 11 is 8.07. The summed E-state index contributed by atoms with van der Waals surface area (Å²) in [5.41, 5.74) is 1.73. The molecule has 0 amide bonds. The van der Waals surface area contributed by atoms with Gasteiger partial charge in [0, 0.05) is 26.3 Å². The zero-order chi connectivity index (χ0) is 19.9. The molecule has 0 radical (unpaired) electrons. The molecule has 146 valence electrons. The lowest BCUT2D eigenvalue weighted by Crippen LogP contribution is -2.14. The number of aromatic nitrogens is 2. The van der Waals surface area contributed by atoms with Gasteiger partial charge >= 0.3 is 6.18 Å². The molecule has 0 atom stereocenters. The van der Waals surface area contributed by atoms with Gasteiger partial charge in [-0.15, -0.1) is 0 Å². The van der Waals surface area contributed by atoms with Crippen LogP contribution in [0.25, 0.3) is 16.9 Å². The minimum Gasteiger partial charge on any atom is -0.370 e. The standard InChI is InChI=1S/C20H16ClF3IN3/c21-13-7-8-17(16(11-13)20(22,23)24)28-19-15(6-1-2-9-26-19)18(27-28)12-4-3-5-14(25)10-12/h3-5,7-8,10-11,26H,1-2,6,9H2. The Morgan fingerprint density at radius 2 is 1.93 bits per heavy atom. The molecule has 1 N–H and O–H groups in total. The third kappa shape index (κ3) is 3.74. The van der Waals surface area contributed by atoms with Gasteiger partial charge in [-0.3, -0.25) is 0 Å². The molecule has 3 nitrogen and oxygen atoms in total. The number of hydrogen-bond donors (Lipinski definition) is 1. The van der Waals surface area contributed by atoms with Crippen LogP contribution in [0.1, 0.15) is 24.0 Å². The number of fused-ring (bicyclic) bond motifs is 1. The summed E-state index contributed by atoms with van der Waals surface area (Å²) in [7, 11) is 0. The van der Waals surface area contributed by atoms with E-state index in [4.69, 9.17) is 11.6 Å². The first-order valence-corrected chi connectivity index (χ1v) is 10.3. The van der Waals surface area contributed by atoms with Gasteiger partial charge in [0.2, 0.25) is 0 Å². The van der Waals surface area contributed by atoms with Crippen molar-refractivity contribution in [1.82, 2.24) is 9.78 Å². The Hall–Kier alpha value is -1.74. The summed E-state index contributed by atoms with van der Waals surface area (Å²) in [5.74, 6) is 0.624. The van der Waals surface area contributed by atoms with E-state index >= 15 is 0 Å². The number of nitrogens with one attached hydrogen (secondary N) is 1. The molecule has 28 heavy (non-hydrogen) atoms. The monoisotopic (exact) mass is 517 g/mol. The summed E-state index contributed by atoms with van der Waals surface area (Å²) in [6, 6.07) is 11.6. The molecule has 1 aromatic heterocycles. The SMILES string of the molecule is FC(F)(F)c1cc(Cl)ccc1-n1nc(-c2cccc(I)c2)c2c1NCCCC2. The average Bonchev–Trinajstić information content (AvgIpc) is 2.82. The minimum absolute atomic E-state index is 0.0283. The van der Waals surface area contributed by atoms with E-state index in [0.717, 1.165) is 40.0 Å². The van der Waals surface area contributed by atoms with Crippen molar-refractivity contribution < 1.29 is 13.2 Å². The Morgan fingerprint density at radius 3 is 2.68 bits per heavy atom. The average molecular weight is 518 g/mol. The fourth-order valence-corrected chi connectivity index (χ4v) is 4.18. The van der Waals surface area contributed by atoms with Crippen LogP contribution in [0.4, 0.5) is 19.0 Å². The van der Waals surface area contributed by atoms with Crippen LogP contribution in [0.15, 0.2) is 42.5 Å². The van der Waals surface area contributed by atoms with Crippen LogP contribution < -0.4 is 5.32 Å². The minimum atomic E-state index is -4.54. The second-order valence-electron chi connectivity index (χ2n) is 6.64. The fourth-order valence-electron chi connectivity index (χ4n) is 3.46. The molecule has 0 saturated carbocycles. The summed E-state index contributed by atoms with van der Waals surface area (Å²) in [5, 5.41) is 7.96. The molecule has 1 aliphatic heterocycles. The molecule has 0 fully saturated rings. The number of benzene rings is 2. The van der Waals surface area contributed by atoms with Crippen molar-refractivity contribution >= 4 is 40.0 Å². The first-order chi connectivity index (χ1) is 13.3. The third-order valence-corrected chi connectivity index (χ3v) is 5.63. The van der Waals surface area contributed by atoms with Gasteiger partial charge in [-0.1, -0.05) is 23.7 Å². The third-order valence-electron chi connectivity index (χ3n) is 4.72. The topological polar surface area (TPSA) is 29.9 Å². The van der Waals surface area contributed by atoms with Crippen molar-refractivity contribution in [2.45, 2.75) is 25.4 Å². The van der Waals surface area contributed by atoms with Crippen LogP contribution in [-0.4, -0.2) is 16.3 Å². The van der Waals surface area contributed by atoms with E-state index < -0.39 is 11.7 Å². The van der Waals surface area contributed by atoms with E-state index in [1.165, 1.54) is 16.8 Å². The van der Waals surface area contributed by atoms with Gasteiger partial charge in [0.05, 0.1) is 16.9 Å². The first-order valence-electron chi connectivity index (χ1n) is 8.83. The lowest BCUT2D eigenvalue weighted by molar-refractivity contribution is -0.137. The van der Waals surface area contributed by atoms with Crippen molar-refractivity contribution in [1.29, 1.82) is 0 Å². The van der Waals surface area contributed by atoms with E-state index in [2.05, 4.69) is 33.0 Å². The highest BCUT2D eigenvalue weighted by atomic mass is 127. The second kappa shape index (κ2) is 7.59. The van der Waals surface area contributed by atoms with E-state index in [-0.39, 0.29) is 10.7 Å². The first kappa shape index (κ1) is 19.6. The van der Waals surface area contributed by atoms with Gasteiger partial charge in [-0.05, 0) is 72.2 Å². The highest BCUT2D eigenvalue weighted by Crippen LogP contribution is 2.39. The molecule has 0 bridgehead atoms. The number of halogens is 5. The Morgan fingerprint density at radius 1 is 1.11 bits per heavy atom. The highest BCUT2D eigenvalue weighted by Gasteiger charge is 2.36. The summed E-state index contributed by atoms with van der Waals surface area (Å²) in [6.07, 6.45) is -1.87. The molecule has 4 rings (SSSR count). The van der Waals surface area contributed by atoms with Gasteiger partial charge in [-0.25, -0.2) is 4.68 Å². The number of alkyl halides is 3. The number of nitrogens with zero attached hydrogens (tertiary/aromatic N) is 2. The molecule has 0 saturated heterocycles. The van der Waals surface area contributed by atoms with E-state index in [1.54, 1.807) is 0 Å². The Kier molecular flexibility index (Phi) is 5.30. The number of anilines is 1. The zero-order valence-corrected chi connectivity index (χ0v) is 17.6. The van der Waals surface area contributed by atoms with Crippen LogP contribution in [0.5, 0.6) is 0 Å². The molecule has 0 aliphatic carbocycles. The summed E-state index contributed by atoms with van der Waals surface area (Å²) in [4.78, 5) is 0. The maximum Gasteiger partial charge on any atom is 0.418 e. The number of hydrogen-bond acceptors (Lipinski definition) is 2. The van der Waals surface area contributed by atoms with Crippen molar-refractivity contribution in [3.05, 3.63) is 62.2 Å².